The van der Waals surface area contributed by atoms with Crippen molar-refractivity contribution < 1.29 is 12.6 Å². The van der Waals surface area contributed by atoms with Crippen molar-refractivity contribution in [1.29, 1.82) is 0 Å². The van der Waals surface area contributed by atoms with Crippen molar-refractivity contribution in [2.45, 2.75) is 43.9 Å². The fraction of sp³-hybridized carbons (Fsp3) is 0.923. The van der Waals surface area contributed by atoms with Crippen LogP contribution in [0.5, 0.6) is 0 Å². The van der Waals surface area contributed by atoms with Gasteiger partial charge in [0.05, 0.1) is 6.26 Å². The van der Waals surface area contributed by atoms with Gasteiger partial charge in [-0.3, -0.25) is 9.20 Å². The molecule has 0 radical (unpaired) electrons. The molecular weight excluding hydrogens is 451 g/mol. The van der Waals surface area contributed by atoms with Gasteiger partial charge in [-0.2, -0.15) is 0 Å². The number of hydrogen-bond acceptors (Lipinski definition) is 4. The van der Waals surface area contributed by atoms with E-state index >= 15 is 0 Å². The minimum Gasteiger partial charge on any atom is -0.355 e. The van der Waals surface area contributed by atoms with Crippen molar-refractivity contribution in [2.24, 2.45) is 4.99 Å². The molecule has 3 atom stereocenters. The van der Waals surface area contributed by atoms with E-state index in [4.69, 9.17) is 0 Å². The third kappa shape index (κ3) is 9.82. The van der Waals surface area contributed by atoms with Gasteiger partial charge in [0.15, 0.2) is 5.96 Å². The van der Waals surface area contributed by atoms with Gasteiger partial charge in [0, 0.05) is 48.0 Å². The Balaban J connectivity index is 0.00000484. The number of halogens is 1. The third-order valence-corrected chi connectivity index (χ3v) is 6.10. The van der Waals surface area contributed by atoms with Crippen LogP contribution in [0.2, 0.25) is 0 Å². The zero-order valence-corrected chi connectivity index (χ0v) is 18.0. The van der Waals surface area contributed by atoms with Gasteiger partial charge in [-0.05, 0) is 19.3 Å². The third-order valence-electron chi connectivity index (χ3n) is 3.63. The molecule has 138 valence electrons. The molecular formula is C13H29IN4O3S2. The Labute approximate surface area is 159 Å². The first kappa shape index (κ1) is 23.1. The van der Waals surface area contributed by atoms with E-state index in [-0.39, 0.29) is 35.3 Å². The minimum atomic E-state index is -3.16. The molecule has 10 heteroatoms. The molecule has 3 unspecified atom stereocenters. The number of sulfonamides is 1. The smallest absolute Gasteiger partial charge is 0.208 e. The summed E-state index contributed by atoms with van der Waals surface area (Å²) in [5, 5.41) is 6.69. The Morgan fingerprint density at radius 1 is 1.30 bits per heavy atom. The summed E-state index contributed by atoms with van der Waals surface area (Å²) in [6.07, 6.45) is 5.17. The molecule has 0 aromatic carbocycles. The van der Waals surface area contributed by atoms with Crippen LogP contribution >= 0.6 is 24.0 Å². The Kier molecular flexibility index (Phi) is 11.6. The Bertz CT molecular complexity index is 499. The van der Waals surface area contributed by atoms with Gasteiger partial charge < -0.3 is 10.6 Å². The largest absolute Gasteiger partial charge is 0.355 e. The van der Waals surface area contributed by atoms with Gasteiger partial charge in [-0.1, -0.05) is 13.3 Å². The van der Waals surface area contributed by atoms with Crippen LogP contribution in [0.4, 0.5) is 0 Å². The van der Waals surface area contributed by atoms with Crippen molar-refractivity contribution in [2.75, 3.05) is 32.1 Å². The second kappa shape index (κ2) is 11.6. The van der Waals surface area contributed by atoms with Crippen molar-refractivity contribution in [3.05, 3.63) is 0 Å². The lowest BCUT2D eigenvalue weighted by molar-refractivity contribution is 0.413. The standard InChI is InChI=1S/C13H28N4O3S2.HI/c1-4-21(18)12-7-5-6-11(10-12)17-13(14-2)15-8-9-16-22(3,19)20;/h11-12,16H,4-10H2,1-3H3,(H2,14,15,17);1H. The molecule has 1 fully saturated rings. The summed E-state index contributed by atoms with van der Waals surface area (Å²) in [6.45, 7) is 2.73. The van der Waals surface area contributed by atoms with Crippen LogP contribution in [0.3, 0.4) is 0 Å². The second-order valence-electron chi connectivity index (χ2n) is 5.46. The highest BCUT2D eigenvalue weighted by Gasteiger charge is 2.25. The SMILES string of the molecule is CCS(=O)C1CCCC(NC(=NC)NCCNS(C)(=O)=O)C1.I. The van der Waals surface area contributed by atoms with E-state index in [1.54, 1.807) is 7.05 Å². The summed E-state index contributed by atoms with van der Waals surface area (Å²) in [5.74, 6) is 1.37. The molecule has 0 saturated heterocycles. The van der Waals surface area contributed by atoms with Crippen molar-refractivity contribution in [3.8, 4) is 0 Å². The van der Waals surface area contributed by atoms with Gasteiger partial charge in [0.1, 0.15) is 0 Å². The van der Waals surface area contributed by atoms with Gasteiger partial charge in [-0.25, -0.2) is 13.1 Å². The van der Waals surface area contributed by atoms with E-state index in [0.717, 1.165) is 31.9 Å². The van der Waals surface area contributed by atoms with E-state index in [1.807, 2.05) is 6.92 Å². The van der Waals surface area contributed by atoms with Crippen LogP contribution < -0.4 is 15.4 Å². The second-order valence-corrected chi connectivity index (χ2v) is 9.30. The number of hydrogen-bond donors (Lipinski definition) is 3. The fourth-order valence-electron chi connectivity index (χ4n) is 2.56. The first-order valence-electron chi connectivity index (χ1n) is 7.64. The number of nitrogens with zero attached hydrogens (tertiary/aromatic N) is 1. The van der Waals surface area contributed by atoms with Gasteiger partial charge >= 0.3 is 0 Å². The maximum Gasteiger partial charge on any atom is 0.208 e. The van der Waals surface area contributed by atoms with Crippen LogP contribution in [-0.4, -0.2) is 62.0 Å². The molecule has 1 saturated carbocycles. The van der Waals surface area contributed by atoms with Crippen LogP contribution in [-0.2, 0) is 20.8 Å². The molecule has 0 aromatic heterocycles. The van der Waals surface area contributed by atoms with E-state index in [9.17, 15) is 12.6 Å². The molecule has 1 rings (SSSR count). The number of rotatable bonds is 7. The molecule has 0 spiro atoms. The summed E-state index contributed by atoms with van der Waals surface area (Å²) in [5.41, 5.74) is 0. The van der Waals surface area contributed by atoms with E-state index < -0.39 is 20.8 Å². The normalized spacial score (nSPS) is 23.7. The minimum absolute atomic E-state index is 0. The van der Waals surface area contributed by atoms with Crippen molar-refractivity contribution >= 4 is 50.8 Å². The molecule has 23 heavy (non-hydrogen) atoms. The lowest BCUT2D eigenvalue weighted by atomic mass is 9.95. The highest BCUT2D eigenvalue weighted by molar-refractivity contribution is 14.0. The molecule has 0 amide bonds. The summed E-state index contributed by atoms with van der Waals surface area (Å²) < 4.78 is 36.3. The Morgan fingerprint density at radius 3 is 2.57 bits per heavy atom. The highest BCUT2D eigenvalue weighted by atomic mass is 127. The Hall–Kier alpha value is 0.0600. The molecule has 0 bridgehead atoms. The zero-order chi connectivity index (χ0) is 16.6. The predicted molar refractivity (Wildman–Crippen MR) is 107 cm³/mol. The Morgan fingerprint density at radius 2 is 2.00 bits per heavy atom. The average molecular weight is 480 g/mol. The van der Waals surface area contributed by atoms with E-state index in [2.05, 4.69) is 20.3 Å². The molecule has 1 aliphatic rings. The molecule has 0 heterocycles. The van der Waals surface area contributed by atoms with Crippen LogP contribution in [0.1, 0.15) is 32.6 Å². The topological polar surface area (TPSA) is 99.7 Å². The monoisotopic (exact) mass is 480 g/mol. The zero-order valence-electron chi connectivity index (χ0n) is 14.0. The molecule has 3 N–H and O–H groups in total. The molecule has 0 aromatic rings. The summed E-state index contributed by atoms with van der Waals surface area (Å²) in [6, 6.07) is 0.267. The van der Waals surface area contributed by atoms with Crippen LogP contribution in [0, 0.1) is 0 Å². The maximum atomic E-state index is 11.9. The average Bonchev–Trinajstić information content (AvgIpc) is 2.48. The van der Waals surface area contributed by atoms with Gasteiger partial charge in [0.2, 0.25) is 10.0 Å². The van der Waals surface area contributed by atoms with Crippen LogP contribution in [0.15, 0.2) is 4.99 Å². The first-order chi connectivity index (χ1) is 10.4. The molecule has 7 nitrogen and oxygen atoms in total. The summed E-state index contributed by atoms with van der Waals surface area (Å²) in [7, 11) is -2.22. The number of nitrogens with one attached hydrogen (secondary N) is 3. The van der Waals surface area contributed by atoms with E-state index in [0.29, 0.717) is 24.8 Å². The number of aliphatic imine (C=N–C) groups is 1. The van der Waals surface area contributed by atoms with Gasteiger partial charge in [0.25, 0.3) is 0 Å². The summed E-state index contributed by atoms with van der Waals surface area (Å²) in [4.78, 5) is 4.15. The number of guanidine groups is 1. The lowest BCUT2D eigenvalue weighted by Crippen LogP contribution is -2.48. The summed E-state index contributed by atoms with van der Waals surface area (Å²) >= 11 is 0. The van der Waals surface area contributed by atoms with Gasteiger partial charge in [-0.15, -0.1) is 24.0 Å². The van der Waals surface area contributed by atoms with Crippen molar-refractivity contribution in [3.63, 3.8) is 0 Å². The quantitative estimate of drug-likeness (QED) is 0.212. The fourth-order valence-corrected chi connectivity index (χ4v) is 4.38. The maximum absolute atomic E-state index is 11.9. The molecule has 0 aliphatic heterocycles. The van der Waals surface area contributed by atoms with E-state index in [1.165, 1.54) is 0 Å². The predicted octanol–water partition coefficient (Wildman–Crippen LogP) is 0.398. The van der Waals surface area contributed by atoms with Crippen molar-refractivity contribution in [1.82, 2.24) is 15.4 Å². The highest BCUT2D eigenvalue weighted by Crippen LogP contribution is 2.22. The lowest BCUT2D eigenvalue weighted by Gasteiger charge is -2.30. The first-order valence-corrected chi connectivity index (χ1v) is 10.9. The molecule has 1 aliphatic carbocycles. The van der Waals surface area contributed by atoms with Crippen LogP contribution in [0.25, 0.3) is 0 Å².